The van der Waals surface area contributed by atoms with Crippen LogP contribution in [0.4, 0.5) is 0 Å². The van der Waals surface area contributed by atoms with Gasteiger partial charge in [0.05, 0.1) is 12.7 Å². The summed E-state index contributed by atoms with van der Waals surface area (Å²) in [4.78, 5) is 0.157. The SMILES string of the molecule is Cc1ccc(CN(C(C)C)S(=O)(=O)c2cn[nH]c2)o1. The van der Waals surface area contributed by atoms with Gasteiger partial charge < -0.3 is 4.42 Å². The minimum absolute atomic E-state index is 0.157. The Morgan fingerprint density at radius 2 is 2.16 bits per heavy atom. The van der Waals surface area contributed by atoms with E-state index in [0.29, 0.717) is 5.76 Å². The van der Waals surface area contributed by atoms with E-state index in [2.05, 4.69) is 10.2 Å². The van der Waals surface area contributed by atoms with E-state index in [1.807, 2.05) is 26.8 Å². The first-order chi connectivity index (χ1) is 8.91. The molecule has 2 aromatic heterocycles. The first kappa shape index (κ1) is 13.8. The van der Waals surface area contributed by atoms with Crippen molar-refractivity contribution in [3.05, 3.63) is 36.0 Å². The lowest BCUT2D eigenvalue weighted by molar-refractivity contribution is 0.314. The first-order valence-electron chi connectivity index (χ1n) is 5.97. The van der Waals surface area contributed by atoms with Gasteiger partial charge in [-0.3, -0.25) is 5.10 Å². The van der Waals surface area contributed by atoms with Crippen LogP contribution in [-0.2, 0) is 16.6 Å². The number of aryl methyl sites for hydroxylation is 1. The van der Waals surface area contributed by atoms with Crippen LogP contribution in [0.1, 0.15) is 25.4 Å². The Morgan fingerprint density at radius 3 is 2.63 bits per heavy atom. The van der Waals surface area contributed by atoms with Crippen molar-refractivity contribution in [2.45, 2.75) is 38.3 Å². The number of furan rings is 1. The van der Waals surface area contributed by atoms with Crippen LogP contribution in [-0.4, -0.2) is 29.0 Å². The number of H-pyrrole nitrogens is 1. The van der Waals surface area contributed by atoms with E-state index in [1.165, 1.54) is 16.7 Å². The summed E-state index contributed by atoms with van der Waals surface area (Å²) in [5.74, 6) is 1.39. The summed E-state index contributed by atoms with van der Waals surface area (Å²) in [6.45, 7) is 5.69. The van der Waals surface area contributed by atoms with Gasteiger partial charge in [0.25, 0.3) is 0 Å². The van der Waals surface area contributed by atoms with Crippen molar-refractivity contribution in [3.63, 3.8) is 0 Å². The Bertz CT molecular complexity index is 629. The Balaban J connectivity index is 2.31. The summed E-state index contributed by atoms with van der Waals surface area (Å²) in [5.41, 5.74) is 0. The van der Waals surface area contributed by atoms with E-state index in [0.717, 1.165) is 5.76 Å². The van der Waals surface area contributed by atoms with Crippen LogP contribution in [0.5, 0.6) is 0 Å². The molecule has 0 amide bonds. The largest absolute Gasteiger partial charge is 0.465 e. The topological polar surface area (TPSA) is 79.2 Å². The molecule has 1 N–H and O–H groups in total. The van der Waals surface area contributed by atoms with Crippen LogP contribution in [0.2, 0.25) is 0 Å². The normalized spacial score (nSPS) is 12.5. The lowest BCUT2D eigenvalue weighted by Crippen LogP contribution is -2.36. The third-order valence-corrected chi connectivity index (χ3v) is 4.75. The minimum Gasteiger partial charge on any atom is -0.465 e. The molecule has 19 heavy (non-hydrogen) atoms. The predicted octanol–water partition coefficient (Wildman–Crippen LogP) is 1.91. The number of aromatic amines is 1. The molecule has 0 aliphatic heterocycles. The second kappa shape index (κ2) is 5.18. The molecule has 0 saturated carbocycles. The zero-order chi connectivity index (χ0) is 14.0. The average molecular weight is 283 g/mol. The molecule has 7 heteroatoms. The molecule has 2 aromatic rings. The summed E-state index contributed by atoms with van der Waals surface area (Å²) < 4.78 is 31.8. The molecular formula is C12H17N3O3S. The molecular weight excluding hydrogens is 266 g/mol. The molecule has 0 saturated heterocycles. The second-order valence-electron chi connectivity index (χ2n) is 4.59. The number of nitrogens with zero attached hydrogens (tertiary/aromatic N) is 2. The molecule has 0 fully saturated rings. The van der Waals surface area contributed by atoms with E-state index >= 15 is 0 Å². The Kier molecular flexibility index (Phi) is 3.77. The van der Waals surface area contributed by atoms with Crippen LogP contribution in [0, 0.1) is 6.92 Å². The standard InChI is InChI=1S/C12H17N3O3S/c1-9(2)15(8-11-5-4-10(3)18-11)19(16,17)12-6-13-14-7-12/h4-7,9H,8H2,1-3H3,(H,13,14). The van der Waals surface area contributed by atoms with Gasteiger partial charge in [-0.2, -0.15) is 9.40 Å². The van der Waals surface area contributed by atoms with Crippen molar-refractivity contribution < 1.29 is 12.8 Å². The molecule has 104 valence electrons. The van der Waals surface area contributed by atoms with Gasteiger partial charge in [0.15, 0.2) is 0 Å². The minimum atomic E-state index is -3.57. The van der Waals surface area contributed by atoms with Crippen LogP contribution in [0.3, 0.4) is 0 Å². The number of sulfonamides is 1. The van der Waals surface area contributed by atoms with E-state index in [9.17, 15) is 8.42 Å². The summed E-state index contributed by atoms with van der Waals surface area (Å²) in [7, 11) is -3.57. The maximum absolute atomic E-state index is 12.5. The smallest absolute Gasteiger partial charge is 0.246 e. The summed E-state index contributed by atoms with van der Waals surface area (Å²) in [6.07, 6.45) is 2.68. The fraction of sp³-hybridized carbons (Fsp3) is 0.417. The molecule has 0 spiro atoms. The summed E-state index contributed by atoms with van der Waals surface area (Å²) >= 11 is 0. The number of nitrogens with one attached hydrogen (secondary N) is 1. The van der Waals surface area contributed by atoms with Crippen molar-refractivity contribution in [3.8, 4) is 0 Å². The number of aromatic nitrogens is 2. The molecule has 0 aromatic carbocycles. The van der Waals surface area contributed by atoms with Crippen molar-refractivity contribution in [1.82, 2.24) is 14.5 Å². The van der Waals surface area contributed by atoms with Crippen LogP contribution < -0.4 is 0 Å². The van der Waals surface area contributed by atoms with E-state index < -0.39 is 10.0 Å². The molecule has 0 unspecified atom stereocenters. The third kappa shape index (κ3) is 2.87. The van der Waals surface area contributed by atoms with Gasteiger partial charge in [-0.1, -0.05) is 0 Å². The lowest BCUT2D eigenvalue weighted by Gasteiger charge is -2.24. The predicted molar refractivity (Wildman–Crippen MR) is 69.9 cm³/mol. The van der Waals surface area contributed by atoms with Gasteiger partial charge in [-0.05, 0) is 32.9 Å². The van der Waals surface area contributed by atoms with Crippen LogP contribution >= 0.6 is 0 Å². The average Bonchev–Trinajstić information content (AvgIpc) is 2.96. The highest BCUT2D eigenvalue weighted by molar-refractivity contribution is 7.89. The second-order valence-corrected chi connectivity index (χ2v) is 6.48. The van der Waals surface area contributed by atoms with Crippen molar-refractivity contribution in [2.75, 3.05) is 0 Å². The molecule has 0 atom stereocenters. The fourth-order valence-electron chi connectivity index (χ4n) is 1.78. The number of hydrogen-bond acceptors (Lipinski definition) is 4. The Labute approximate surface area is 112 Å². The maximum Gasteiger partial charge on any atom is 0.246 e. The molecule has 0 aliphatic rings. The van der Waals surface area contributed by atoms with Crippen LogP contribution in [0.15, 0.2) is 33.8 Å². The zero-order valence-electron chi connectivity index (χ0n) is 11.1. The van der Waals surface area contributed by atoms with Crippen LogP contribution in [0.25, 0.3) is 0 Å². The highest BCUT2D eigenvalue weighted by Gasteiger charge is 2.28. The lowest BCUT2D eigenvalue weighted by atomic mass is 10.3. The quantitative estimate of drug-likeness (QED) is 0.909. The Morgan fingerprint density at radius 1 is 1.42 bits per heavy atom. The van der Waals surface area contributed by atoms with Gasteiger partial charge in [0.2, 0.25) is 10.0 Å². The monoisotopic (exact) mass is 283 g/mol. The third-order valence-electron chi connectivity index (χ3n) is 2.76. The Hall–Kier alpha value is -1.60. The van der Waals surface area contributed by atoms with Gasteiger partial charge in [-0.25, -0.2) is 8.42 Å². The van der Waals surface area contributed by atoms with Crippen molar-refractivity contribution in [1.29, 1.82) is 0 Å². The van der Waals surface area contributed by atoms with Gasteiger partial charge >= 0.3 is 0 Å². The molecule has 0 aliphatic carbocycles. The number of hydrogen-bond donors (Lipinski definition) is 1. The molecule has 2 rings (SSSR count). The molecule has 0 bridgehead atoms. The van der Waals surface area contributed by atoms with E-state index in [4.69, 9.17) is 4.42 Å². The van der Waals surface area contributed by atoms with E-state index in [-0.39, 0.29) is 17.5 Å². The van der Waals surface area contributed by atoms with Gasteiger partial charge in [0, 0.05) is 12.2 Å². The van der Waals surface area contributed by atoms with Crippen molar-refractivity contribution >= 4 is 10.0 Å². The highest BCUT2D eigenvalue weighted by atomic mass is 32.2. The summed E-state index contributed by atoms with van der Waals surface area (Å²) in [5, 5.41) is 6.21. The van der Waals surface area contributed by atoms with Gasteiger partial charge in [-0.15, -0.1) is 0 Å². The zero-order valence-corrected chi connectivity index (χ0v) is 11.9. The van der Waals surface area contributed by atoms with E-state index in [1.54, 1.807) is 6.07 Å². The fourth-order valence-corrected chi connectivity index (χ4v) is 3.29. The summed E-state index contributed by atoms with van der Waals surface area (Å²) in [6, 6.07) is 3.43. The molecule has 2 heterocycles. The maximum atomic E-state index is 12.5. The molecule has 6 nitrogen and oxygen atoms in total. The highest BCUT2D eigenvalue weighted by Crippen LogP contribution is 2.20. The molecule has 0 radical (unpaired) electrons. The number of rotatable bonds is 5. The van der Waals surface area contributed by atoms with Crippen molar-refractivity contribution in [2.24, 2.45) is 0 Å². The first-order valence-corrected chi connectivity index (χ1v) is 7.41. The van der Waals surface area contributed by atoms with Gasteiger partial charge in [0.1, 0.15) is 16.4 Å².